The molecule has 4 rings (SSSR count). The van der Waals surface area contributed by atoms with E-state index in [0.717, 1.165) is 27.9 Å². The van der Waals surface area contributed by atoms with Gasteiger partial charge in [-0.25, -0.2) is 9.78 Å². The maximum atomic E-state index is 14.2. The van der Waals surface area contributed by atoms with Gasteiger partial charge in [0.1, 0.15) is 17.1 Å². The van der Waals surface area contributed by atoms with Crippen molar-refractivity contribution in [3.8, 4) is 17.0 Å². The van der Waals surface area contributed by atoms with Crippen LogP contribution < -0.4 is 16.2 Å². The Kier molecular flexibility index (Phi) is 10.4. The molecule has 0 aliphatic carbocycles. The second-order valence-corrected chi connectivity index (χ2v) is 11.4. The molecule has 4 aromatic rings. The smallest absolute Gasteiger partial charge is 0.342 e. The molecule has 0 unspecified atom stereocenters. The number of benzene rings is 3. The van der Waals surface area contributed by atoms with E-state index < -0.39 is 24.0 Å². The number of nitrogens with two attached hydrogens (primary N) is 2. The molecule has 0 aliphatic rings. The molecule has 2 atom stereocenters. The van der Waals surface area contributed by atoms with Crippen LogP contribution >= 0.6 is 0 Å². The van der Waals surface area contributed by atoms with Crippen LogP contribution in [0, 0.1) is 13.8 Å². The Morgan fingerprint density at radius 2 is 1.64 bits per heavy atom. The molecule has 0 saturated carbocycles. The highest BCUT2D eigenvalue weighted by molar-refractivity contribution is 5.94. The molecule has 0 spiro atoms. The number of H-pyrrole nitrogens is 1. The van der Waals surface area contributed by atoms with E-state index in [2.05, 4.69) is 4.98 Å². The molecule has 45 heavy (non-hydrogen) atoms. The minimum absolute atomic E-state index is 0.138. The Labute approximate surface area is 263 Å². The van der Waals surface area contributed by atoms with Gasteiger partial charge in [-0.15, -0.1) is 0 Å². The predicted molar refractivity (Wildman–Crippen MR) is 173 cm³/mol. The summed E-state index contributed by atoms with van der Waals surface area (Å²) >= 11 is 0. The van der Waals surface area contributed by atoms with Crippen LogP contribution in [-0.4, -0.2) is 51.9 Å². The molecule has 0 saturated heterocycles. The van der Waals surface area contributed by atoms with Gasteiger partial charge < -0.3 is 30.8 Å². The first kappa shape index (κ1) is 32.9. The molecule has 10 heteroatoms. The van der Waals surface area contributed by atoms with Gasteiger partial charge in [0.15, 0.2) is 0 Å². The van der Waals surface area contributed by atoms with E-state index in [1.807, 2.05) is 57.3 Å². The normalized spacial score (nSPS) is 12.4. The van der Waals surface area contributed by atoms with Crippen LogP contribution in [0.1, 0.15) is 75.6 Å². The van der Waals surface area contributed by atoms with Gasteiger partial charge in [0.2, 0.25) is 11.8 Å². The number of amides is 2. The summed E-state index contributed by atoms with van der Waals surface area (Å²) in [6, 6.07) is 16.9. The molecule has 0 radical (unpaired) electrons. The number of hydrogen-bond donors (Lipinski definition) is 3. The second-order valence-electron chi connectivity index (χ2n) is 11.4. The fraction of sp³-hybridized carbons (Fsp3) is 0.314. The number of methoxy groups -OCH3 is 1. The molecule has 5 N–H and O–H groups in total. The van der Waals surface area contributed by atoms with E-state index >= 15 is 0 Å². The van der Waals surface area contributed by atoms with E-state index in [4.69, 9.17) is 25.9 Å². The average Bonchev–Trinajstić information content (AvgIpc) is 3.51. The molecule has 236 valence electrons. The van der Waals surface area contributed by atoms with Crippen LogP contribution in [0.5, 0.6) is 5.75 Å². The Bertz CT molecular complexity index is 1660. The average molecular weight is 612 g/mol. The minimum atomic E-state index is -0.906. The lowest BCUT2D eigenvalue weighted by atomic mass is 9.93. The fourth-order valence-electron chi connectivity index (χ4n) is 5.33. The van der Waals surface area contributed by atoms with Gasteiger partial charge in [0.25, 0.3) is 0 Å². The third kappa shape index (κ3) is 7.77. The van der Waals surface area contributed by atoms with Gasteiger partial charge >= 0.3 is 5.97 Å². The van der Waals surface area contributed by atoms with Crippen LogP contribution in [0.25, 0.3) is 11.3 Å². The first-order valence-corrected chi connectivity index (χ1v) is 14.8. The third-order valence-electron chi connectivity index (χ3n) is 7.71. The first-order chi connectivity index (χ1) is 21.4. The number of ether oxygens (including phenoxy) is 2. The number of carbonyl (C=O) groups is 3. The Balaban J connectivity index is 1.69. The van der Waals surface area contributed by atoms with Crippen molar-refractivity contribution in [2.75, 3.05) is 7.11 Å². The van der Waals surface area contributed by atoms with E-state index in [1.54, 1.807) is 49.1 Å². The number of aryl methyl sites for hydroxylation is 2. The number of esters is 1. The zero-order valence-corrected chi connectivity index (χ0v) is 26.6. The van der Waals surface area contributed by atoms with E-state index in [1.165, 1.54) is 7.11 Å². The van der Waals surface area contributed by atoms with Crippen molar-refractivity contribution < 1.29 is 23.9 Å². The lowest BCUT2D eigenvalue weighted by Gasteiger charge is -2.31. The van der Waals surface area contributed by atoms with Crippen molar-refractivity contribution in [1.29, 1.82) is 0 Å². The van der Waals surface area contributed by atoms with Crippen LogP contribution in [-0.2, 0) is 22.5 Å². The summed E-state index contributed by atoms with van der Waals surface area (Å²) in [5.41, 5.74) is 17.7. The SMILES string of the molecule is COc1ccc(CN(C(=O)[C@@H](N)Cc2c(C)cc(C(N)=O)cc2C)[C@@H](C)c2nc(-c3ccccc3)c[nH]2)cc1C(=O)OC(C)C. The molecule has 2 amide bonds. The maximum Gasteiger partial charge on any atom is 0.342 e. The summed E-state index contributed by atoms with van der Waals surface area (Å²) in [5, 5.41) is 0. The summed E-state index contributed by atoms with van der Waals surface area (Å²) in [7, 11) is 1.49. The van der Waals surface area contributed by atoms with E-state index in [-0.39, 0.29) is 30.5 Å². The van der Waals surface area contributed by atoms with Crippen molar-refractivity contribution in [3.63, 3.8) is 0 Å². The Morgan fingerprint density at radius 1 is 0.978 bits per heavy atom. The van der Waals surface area contributed by atoms with Crippen molar-refractivity contribution in [2.45, 2.75) is 65.8 Å². The van der Waals surface area contributed by atoms with Crippen LogP contribution in [0.15, 0.2) is 66.9 Å². The van der Waals surface area contributed by atoms with Crippen molar-refractivity contribution >= 4 is 17.8 Å². The molecule has 10 nitrogen and oxygen atoms in total. The third-order valence-corrected chi connectivity index (χ3v) is 7.71. The lowest BCUT2D eigenvalue weighted by Crippen LogP contribution is -2.46. The number of nitrogens with zero attached hydrogens (tertiary/aromatic N) is 2. The number of aromatic amines is 1. The Morgan fingerprint density at radius 3 is 2.24 bits per heavy atom. The highest BCUT2D eigenvalue weighted by atomic mass is 16.5. The Hall–Kier alpha value is -4.96. The largest absolute Gasteiger partial charge is 0.496 e. The number of aromatic nitrogens is 2. The summed E-state index contributed by atoms with van der Waals surface area (Å²) in [4.78, 5) is 48.5. The molecular formula is C35H41N5O5. The number of hydrogen-bond acceptors (Lipinski definition) is 7. The van der Waals surface area contributed by atoms with Gasteiger partial charge in [-0.2, -0.15) is 0 Å². The zero-order valence-electron chi connectivity index (χ0n) is 26.6. The highest BCUT2D eigenvalue weighted by Crippen LogP contribution is 2.28. The topological polar surface area (TPSA) is 154 Å². The predicted octanol–water partition coefficient (Wildman–Crippen LogP) is 5.03. The van der Waals surface area contributed by atoms with E-state index in [0.29, 0.717) is 22.7 Å². The number of imidazole rings is 1. The van der Waals surface area contributed by atoms with Crippen molar-refractivity contribution in [2.24, 2.45) is 11.5 Å². The molecule has 1 aromatic heterocycles. The molecule has 0 bridgehead atoms. The molecular weight excluding hydrogens is 570 g/mol. The molecule has 0 aliphatic heterocycles. The van der Waals surface area contributed by atoms with Crippen molar-refractivity contribution in [3.05, 3.63) is 106 Å². The molecule has 3 aromatic carbocycles. The summed E-state index contributed by atoms with van der Waals surface area (Å²) in [6.07, 6.45) is 1.74. The minimum Gasteiger partial charge on any atom is -0.496 e. The summed E-state index contributed by atoms with van der Waals surface area (Å²) < 4.78 is 10.9. The number of nitrogens with one attached hydrogen (secondary N) is 1. The molecule has 1 heterocycles. The summed E-state index contributed by atoms with van der Waals surface area (Å²) in [5.74, 6) is -0.385. The van der Waals surface area contributed by atoms with E-state index in [9.17, 15) is 14.4 Å². The summed E-state index contributed by atoms with van der Waals surface area (Å²) in [6.45, 7) is 9.31. The van der Waals surface area contributed by atoms with Gasteiger partial charge in [-0.1, -0.05) is 36.4 Å². The molecule has 0 fully saturated rings. The quantitative estimate of drug-likeness (QED) is 0.190. The zero-order chi connectivity index (χ0) is 32.8. The first-order valence-electron chi connectivity index (χ1n) is 14.8. The van der Waals surface area contributed by atoms with Gasteiger partial charge in [0, 0.05) is 23.9 Å². The number of carbonyl (C=O) groups excluding carboxylic acids is 3. The maximum absolute atomic E-state index is 14.2. The standard InChI is InChI=1S/C35H41N5O5/c1-20(2)45-35(43)28-16-24(12-13-31(28)44-6)19-40(23(5)33-38-18-30(39-33)25-10-8-7-9-11-25)34(42)29(36)17-27-21(3)14-26(32(37)41)15-22(27)4/h7-16,18,20,23,29H,17,19,36H2,1-6H3,(H2,37,41)(H,38,39)/t23-,29-/m0/s1. The lowest BCUT2D eigenvalue weighted by molar-refractivity contribution is -0.135. The highest BCUT2D eigenvalue weighted by Gasteiger charge is 2.30. The monoisotopic (exact) mass is 611 g/mol. The van der Waals surface area contributed by atoms with Gasteiger partial charge in [-0.05, 0) is 87.6 Å². The fourth-order valence-corrected chi connectivity index (χ4v) is 5.33. The van der Waals surface area contributed by atoms with Gasteiger partial charge in [-0.3, -0.25) is 9.59 Å². The van der Waals surface area contributed by atoms with Crippen LogP contribution in [0.2, 0.25) is 0 Å². The number of primary amides is 1. The second kappa shape index (κ2) is 14.2. The van der Waals surface area contributed by atoms with Gasteiger partial charge in [0.05, 0.1) is 31.0 Å². The van der Waals surface area contributed by atoms with Crippen LogP contribution in [0.4, 0.5) is 0 Å². The number of rotatable bonds is 12. The van der Waals surface area contributed by atoms with Crippen LogP contribution in [0.3, 0.4) is 0 Å². The van der Waals surface area contributed by atoms with Crippen molar-refractivity contribution in [1.82, 2.24) is 14.9 Å².